The number of carbonyl (C=O) groups is 1. The fraction of sp³-hybridized carbons (Fsp3) is 0.583. The van der Waals surface area contributed by atoms with E-state index in [0.717, 1.165) is 57.9 Å². The Morgan fingerprint density at radius 2 is 1.97 bits per heavy atom. The monoisotopic (exact) mass is 539 g/mol. The third-order valence-corrected chi connectivity index (χ3v) is 7.90. The summed E-state index contributed by atoms with van der Waals surface area (Å²) in [6.07, 6.45) is 5.67. The molecule has 0 bridgehead atoms. The lowest BCUT2D eigenvalue weighted by Crippen LogP contribution is -2.48. The lowest BCUT2D eigenvalue weighted by molar-refractivity contribution is -0.117. The number of amides is 1. The summed E-state index contributed by atoms with van der Waals surface area (Å²) < 4.78 is 5.24. The van der Waals surface area contributed by atoms with Crippen LogP contribution in [0.15, 0.2) is 17.6 Å². The molecule has 1 unspecified atom stereocenters. The van der Waals surface area contributed by atoms with Gasteiger partial charge in [-0.15, -0.1) is 11.3 Å². The number of hydrogen-bond donors (Lipinski definition) is 3. The van der Waals surface area contributed by atoms with Gasteiger partial charge in [0.2, 0.25) is 23.8 Å². The molecular weight excluding hydrogens is 506 g/mol. The van der Waals surface area contributed by atoms with Crippen LogP contribution in [0.5, 0.6) is 0 Å². The Balaban J connectivity index is 1.24. The molecule has 3 fully saturated rings. The molecular formula is C24H33N11O2S. The van der Waals surface area contributed by atoms with Gasteiger partial charge in [0.05, 0.1) is 6.61 Å². The van der Waals surface area contributed by atoms with Gasteiger partial charge in [-0.05, 0) is 25.7 Å². The Bertz CT molecular complexity index is 1220. The van der Waals surface area contributed by atoms with E-state index in [0.29, 0.717) is 41.3 Å². The fourth-order valence-electron chi connectivity index (χ4n) is 4.94. The zero-order valence-electron chi connectivity index (χ0n) is 21.5. The Labute approximate surface area is 225 Å². The normalized spacial score (nSPS) is 20.2. The van der Waals surface area contributed by atoms with E-state index in [1.54, 1.807) is 13.3 Å². The van der Waals surface area contributed by atoms with Crippen molar-refractivity contribution in [2.45, 2.75) is 37.6 Å². The average molecular weight is 540 g/mol. The Kier molecular flexibility index (Phi) is 7.33. The Hall–Kier alpha value is -3.36. The molecule has 0 spiro atoms. The van der Waals surface area contributed by atoms with Crippen LogP contribution in [0.4, 0.5) is 28.8 Å². The number of anilines is 5. The van der Waals surface area contributed by atoms with Crippen molar-refractivity contribution in [3.63, 3.8) is 0 Å². The van der Waals surface area contributed by atoms with E-state index in [1.807, 2.05) is 16.3 Å². The number of nitrogens with one attached hydrogen (secondary N) is 3. The first kappa shape index (κ1) is 24.9. The number of thiazole rings is 1. The summed E-state index contributed by atoms with van der Waals surface area (Å²) in [5.74, 6) is 2.67. The van der Waals surface area contributed by atoms with Crippen molar-refractivity contribution in [2.24, 2.45) is 0 Å². The summed E-state index contributed by atoms with van der Waals surface area (Å²) in [6, 6.07) is 1.65. The minimum atomic E-state index is -0.375. The van der Waals surface area contributed by atoms with Crippen molar-refractivity contribution >= 4 is 46.0 Å². The molecule has 202 valence electrons. The highest BCUT2D eigenvalue weighted by atomic mass is 32.1. The second-order valence-electron chi connectivity index (χ2n) is 9.87. The van der Waals surface area contributed by atoms with Gasteiger partial charge in [0.1, 0.15) is 6.04 Å². The third-order valence-electron chi connectivity index (χ3n) is 7.21. The quantitative estimate of drug-likeness (QED) is 0.349. The molecule has 38 heavy (non-hydrogen) atoms. The minimum absolute atomic E-state index is 0.0953. The molecule has 1 atom stereocenters. The first-order chi connectivity index (χ1) is 18.7. The number of aromatic amines is 1. The topological polar surface area (TPSA) is 140 Å². The first-order valence-corrected chi connectivity index (χ1v) is 14.1. The van der Waals surface area contributed by atoms with Crippen LogP contribution in [-0.4, -0.2) is 100.0 Å². The van der Waals surface area contributed by atoms with Crippen LogP contribution >= 0.6 is 11.3 Å². The molecule has 3 aliphatic rings. The maximum Gasteiger partial charge on any atom is 0.248 e. The van der Waals surface area contributed by atoms with Crippen molar-refractivity contribution in [3.8, 4) is 0 Å². The van der Waals surface area contributed by atoms with Gasteiger partial charge in [0, 0.05) is 75.6 Å². The van der Waals surface area contributed by atoms with Crippen LogP contribution in [0.25, 0.3) is 0 Å². The summed E-state index contributed by atoms with van der Waals surface area (Å²) in [5, 5.41) is 16.2. The predicted octanol–water partition coefficient (Wildman–Crippen LogP) is 2.05. The molecule has 1 saturated carbocycles. The number of piperazine rings is 1. The van der Waals surface area contributed by atoms with Gasteiger partial charge < -0.3 is 25.2 Å². The molecule has 1 aliphatic carbocycles. The van der Waals surface area contributed by atoms with Gasteiger partial charge in [-0.3, -0.25) is 14.8 Å². The molecule has 14 heteroatoms. The number of nitrogens with zero attached hydrogens (tertiary/aromatic N) is 8. The molecule has 3 aromatic heterocycles. The first-order valence-electron chi connectivity index (χ1n) is 13.2. The third kappa shape index (κ3) is 5.71. The summed E-state index contributed by atoms with van der Waals surface area (Å²) in [4.78, 5) is 38.3. The number of ether oxygens (including phenoxy) is 1. The summed E-state index contributed by atoms with van der Waals surface area (Å²) in [7, 11) is 1.73. The number of rotatable bonds is 10. The largest absolute Gasteiger partial charge is 0.383 e. The Morgan fingerprint density at radius 3 is 2.74 bits per heavy atom. The maximum absolute atomic E-state index is 13.1. The SMILES string of the molecule is COCCN1CCN(c2nc(Nc3cc(C4CC4)[nH]n3)nc(N3CCCC3C(=O)Nc3nccs3)n2)CC1. The summed E-state index contributed by atoms with van der Waals surface area (Å²) in [5.41, 5.74) is 1.13. The van der Waals surface area contributed by atoms with Crippen LogP contribution < -0.4 is 20.4 Å². The Morgan fingerprint density at radius 1 is 1.13 bits per heavy atom. The molecule has 0 aromatic carbocycles. The lowest BCUT2D eigenvalue weighted by Gasteiger charge is -2.35. The molecule has 2 saturated heterocycles. The lowest BCUT2D eigenvalue weighted by atomic mass is 10.2. The van der Waals surface area contributed by atoms with E-state index in [4.69, 9.17) is 19.7 Å². The molecule has 1 amide bonds. The van der Waals surface area contributed by atoms with E-state index in [1.165, 1.54) is 24.2 Å². The molecule has 2 aliphatic heterocycles. The second kappa shape index (κ2) is 11.2. The molecule has 0 radical (unpaired) electrons. The highest BCUT2D eigenvalue weighted by Crippen LogP contribution is 2.39. The van der Waals surface area contributed by atoms with Crippen LogP contribution in [0.2, 0.25) is 0 Å². The maximum atomic E-state index is 13.1. The highest BCUT2D eigenvalue weighted by Gasteiger charge is 2.34. The summed E-state index contributed by atoms with van der Waals surface area (Å²) in [6.45, 7) is 5.72. The van der Waals surface area contributed by atoms with E-state index < -0.39 is 0 Å². The van der Waals surface area contributed by atoms with Crippen LogP contribution in [0.1, 0.15) is 37.3 Å². The number of carbonyl (C=O) groups excluding carboxylic acids is 1. The highest BCUT2D eigenvalue weighted by molar-refractivity contribution is 7.13. The molecule has 3 N–H and O–H groups in total. The second-order valence-corrected chi connectivity index (χ2v) is 10.8. The van der Waals surface area contributed by atoms with Gasteiger partial charge in [-0.2, -0.15) is 20.1 Å². The average Bonchev–Trinajstić information content (AvgIpc) is 3.29. The number of H-pyrrole nitrogens is 1. The van der Waals surface area contributed by atoms with Crippen LogP contribution in [-0.2, 0) is 9.53 Å². The van der Waals surface area contributed by atoms with E-state index in [2.05, 4.69) is 35.6 Å². The van der Waals surface area contributed by atoms with Crippen molar-refractivity contribution < 1.29 is 9.53 Å². The van der Waals surface area contributed by atoms with Crippen LogP contribution in [0, 0.1) is 0 Å². The van der Waals surface area contributed by atoms with Gasteiger partial charge in [0.25, 0.3) is 0 Å². The van der Waals surface area contributed by atoms with Crippen LogP contribution in [0.3, 0.4) is 0 Å². The molecule has 5 heterocycles. The predicted molar refractivity (Wildman–Crippen MR) is 145 cm³/mol. The van der Waals surface area contributed by atoms with Gasteiger partial charge in [0.15, 0.2) is 10.9 Å². The van der Waals surface area contributed by atoms with Gasteiger partial charge >= 0.3 is 0 Å². The summed E-state index contributed by atoms with van der Waals surface area (Å²) >= 11 is 1.40. The minimum Gasteiger partial charge on any atom is -0.383 e. The van der Waals surface area contributed by atoms with Crippen molar-refractivity contribution in [3.05, 3.63) is 23.3 Å². The number of methoxy groups -OCH3 is 1. The van der Waals surface area contributed by atoms with E-state index in [9.17, 15) is 4.79 Å². The van der Waals surface area contributed by atoms with Crippen molar-refractivity contribution in [2.75, 3.05) is 73.4 Å². The zero-order chi connectivity index (χ0) is 25.9. The van der Waals surface area contributed by atoms with E-state index >= 15 is 0 Å². The number of aromatic nitrogens is 6. The fourth-order valence-corrected chi connectivity index (χ4v) is 5.47. The number of hydrogen-bond acceptors (Lipinski definition) is 12. The van der Waals surface area contributed by atoms with Crippen molar-refractivity contribution in [1.82, 2.24) is 35.0 Å². The molecule has 6 rings (SSSR count). The standard InChI is InChI=1S/C24H33N11O2S/c1-37-13-12-33-8-10-34(11-9-33)22-28-21(26-19-15-17(31-32-19)16-4-5-16)29-23(30-22)35-7-2-3-18(35)20(36)27-24-25-6-14-38-24/h6,14-16,18H,2-5,7-13H2,1H3,(H,25,27,36)(H2,26,28,29,30,31,32). The smallest absolute Gasteiger partial charge is 0.248 e. The molecule has 3 aromatic rings. The van der Waals surface area contributed by atoms with E-state index in [-0.39, 0.29) is 11.9 Å². The zero-order valence-corrected chi connectivity index (χ0v) is 22.3. The molecule has 13 nitrogen and oxygen atoms in total. The van der Waals surface area contributed by atoms with Crippen molar-refractivity contribution in [1.29, 1.82) is 0 Å². The van der Waals surface area contributed by atoms with Gasteiger partial charge in [-0.25, -0.2) is 4.98 Å². The van der Waals surface area contributed by atoms with Gasteiger partial charge in [-0.1, -0.05) is 0 Å².